The topological polar surface area (TPSA) is 58.2 Å². The highest BCUT2D eigenvalue weighted by atomic mass is 16.2. The number of hydrogen-bond acceptors (Lipinski definition) is 2. The van der Waals surface area contributed by atoms with Gasteiger partial charge in [0.05, 0.1) is 25.6 Å². The smallest absolute Gasteiger partial charge is 0.279 e. The second kappa shape index (κ2) is 9.36. The minimum Gasteiger partial charge on any atom is -0.355 e. The molecule has 0 bridgehead atoms. The Kier molecular flexibility index (Phi) is 7.42. The van der Waals surface area contributed by atoms with Crippen LogP contribution in [-0.2, 0) is 9.59 Å². The van der Waals surface area contributed by atoms with Crippen LogP contribution in [0.2, 0.25) is 0 Å². The van der Waals surface area contributed by atoms with E-state index >= 15 is 0 Å². The van der Waals surface area contributed by atoms with Gasteiger partial charge in [-0.15, -0.1) is 0 Å². The van der Waals surface area contributed by atoms with E-state index in [1.165, 1.54) is 0 Å². The third-order valence-electron chi connectivity index (χ3n) is 5.74. The summed E-state index contributed by atoms with van der Waals surface area (Å²) >= 11 is 0. The number of nitrogens with zero attached hydrogens (tertiary/aromatic N) is 1. The Morgan fingerprint density at radius 1 is 1.22 bits per heavy atom. The van der Waals surface area contributed by atoms with Crippen molar-refractivity contribution in [2.45, 2.75) is 47.5 Å². The third-order valence-corrected chi connectivity index (χ3v) is 5.74. The molecule has 1 aliphatic rings. The van der Waals surface area contributed by atoms with Gasteiger partial charge in [-0.25, -0.2) is 0 Å². The van der Waals surface area contributed by atoms with Crippen molar-refractivity contribution in [3.8, 4) is 0 Å². The monoisotopic (exact) mass is 374 g/mol. The Morgan fingerprint density at radius 3 is 2.48 bits per heavy atom. The molecule has 0 saturated carbocycles. The summed E-state index contributed by atoms with van der Waals surface area (Å²) < 4.78 is 0.691. The number of likely N-dealkylation sites (tertiary alicyclic amines) is 1. The lowest BCUT2D eigenvalue weighted by Gasteiger charge is -2.43. The summed E-state index contributed by atoms with van der Waals surface area (Å²) in [6, 6.07) is 6.04. The number of quaternary nitrogens is 1. The number of amides is 2. The van der Waals surface area contributed by atoms with Crippen molar-refractivity contribution < 1.29 is 14.1 Å². The van der Waals surface area contributed by atoms with Gasteiger partial charge >= 0.3 is 0 Å². The number of benzene rings is 1. The van der Waals surface area contributed by atoms with Crippen LogP contribution in [0.15, 0.2) is 18.2 Å². The van der Waals surface area contributed by atoms with Crippen molar-refractivity contribution >= 4 is 17.5 Å². The van der Waals surface area contributed by atoms with E-state index in [9.17, 15) is 9.59 Å². The van der Waals surface area contributed by atoms with Crippen molar-refractivity contribution in [2.75, 3.05) is 38.0 Å². The predicted molar refractivity (Wildman–Crippen MR) is 111 cm³/mol. The lowest BCUT2D eigenvalue weighted by molar-refractivity contribution is -0.925. The molecule has 1 aromatic carbocycles. The molecular formula is C22H36N3O2+. The number of aryl methyl sites for hydroxylation is 2. The van der Waals surface area contributed by atoms with E-state index in [2.05, 4.69) is 31.4 Å². The van der Waals surface area contributed by atoms with Gasteiger partial charge in [0, 0.05) is 12.2 Å². The maximum atomic E-state index is 12.8. The molecule has 5 heteroatoms. The van der Waals surface area contributed by atoms with Gasteiger partial charge in [0.2, 0.25) is 5.91 Å². The maximum absolute atomic E-state index is 12.8. The van der Waals surface area contributed by atoms with Crippen LogP contribution in [0.3, 0.4) is 0 Å². The molecule has 2 rings (SSSR count). The van der Waals surface area contributed by atoms with Crippen LogP contribution in [0, 0.1) is 25.7 Å². The number of anilines is 1. The molecule has 0 aliphatic carbocycles. The second-order valence-electron chi connectivity index (χ2n) is 8.52. The molecule has 5 nitrogen and oxygen atoms in total. The second-order valence-corrected chi connectivity index (χ2v) is 8.52. The van der Waals surface area contributed by atoms with E-state index in [0.717, 1.165) is 49.3 Å². The number of hydrogen-bond donors (Lipinski definition) is 2. The van der Waals surface area contributed by atoms with E-state index in [1.54, 1.807) is 0 Å². The number of para-hydroxylation sites is 1. The molecule has 2 amide bonds. The van der Waals surface area contributed by atoms with Crippen LogP contribution in [-0.4, -0.2) is 49.0 Å². The molecule has 2 atom stereocenters. The third kappa shape index (κ3) is 5.80. The first-order valence-electron chi connectivity index (χ1n) is 10.2. The zero-order valence-corrected chi connectivity index (χ0v) is 17.6. The van der Waals surface area contributed by atoms with E-state index in [0.29, 0.717) is 23.5 Å². The lowest BCUT2D eigenvalue weighted by atomic mass is 9.94. The number of nitrogens with one attached hydrogen (secondary N) is 2. The molecule has 2 N–H and O–H groups in total. The van der Waals surface area contributed by atoms with Gasteiger partial charge in [-0.05, 0) is 50.7 Å². The first kappa shape index (κ1) is 21.4. The summed E-state index contributed by atoms with van der Waals surface area (Å²) in [5, 5.41) is 6.19. The van der Waals surface area contributed by atoms with Crippen LogP contribution in [0.4, 0.5) is 5.69 Å². The number of piperidine rings is 1. The summed E-state index contributed by atoms with van der Waals surface area (Å²) in [5.74, 6) is 0.642. The first-order chi connectivity index (χ1) is 12.8. The van der Waals surface area contributed by atoms with E-state index in [-0.39, 0.29) is 17.7 Å². The van der Waals surface area contributed by atoms with Gasteiger partial charge < -0.3 is 15.1 Å². The van der Waals surface area contributed by atoms with Crippen LogP contribution >= 0.6 is 0 Å². The highest BCUT2D eigenvalue weighted by molar-refractivity contribution is 5.93. The minimum atomic E-state index is 0.00504. The quantitative estimate of drug-likeness (QED) is 0.720. The highest BCUT2D eigenvalue weighted by Gasteiger charge is 2.38. The number of carbonyl (C=O) groups excluding carboxylic acids is 2. The van der Waals surface area contributed by atoms with Crippen molar-refractivity contribution in [3.05, 3.63) is 29.3 Å². The average molecular weight is 375 g/mol. The molecule has 27 heavy (non-hydrogen) atoms. The van der Waals surface area contributed by atoms with Crippen LogP contribution < -0.4 is 10.6 Å². The molecule has 2 unspecified atom stereocenters. The van der Waals surface area contributed by atoms with Crippen LogP contribution in [0.1, 0.15) is 44.7 Å². The highest BCUT2D eigenvalue weighted by Crippen LogP contribution is 2.25. The summed E-state index contributed by atoms with van der Waals surface area (Å²) in [4.78, 5) is 25.4. The molecule has 0 radical (unpaired) electrons. The van der Waals surface area contributed by atoms with Crippen molar-refractivity contribution in [3.63, 3.8) is 0 Å². The van der Waals surface area contributed by atoms with E-state index in [4.69, 9.17) is 0 Å². The fraction of sp³-hybridized carbons (Fsp3) is 0.636. The fourth-order valence-electron chi connectivity index (χ4n) is 4.02. The zero-order valence-electron chi connectivity index (χ0n) is 17.6. The Labute approximate surface area is 164 Å². The number of carbonyl (C=O) groups is 2. The van der Waals surface area contributed by atoms with Gasteiger partial charge in [-0.2, -0.15) is 0 Å². The minimum absolute atomic E-state index is 0.00504. The Morgan fingerprint density at radius 2 is 1.89 bits per heavy atom. The fourth-order valence-corrected chi connectivity index (χ4v) is 4.02. The molecule has 0 spiro atoms. The van der Waals surface area contributed by atoms with Gasteiger partial charge in [0.1, 0.15) is 0 Å². The Hall–Kier alpha value is -1.88. The van der Waals surface area contributed by atoms with E-state index in [1.807, 2.05) is 32.0 Å². The van der Waals surface area contributed by atoms with Gasteiger partial charge in [0.25, 0.3) is 5.91 Å². The van der Waals surface area contributed by atoms with Crippen LogP contribution in [0.5, 0.6) is 0 Å². The molecule has 150 valence electrons. The molecule has 1 aliphatic heterocycles. The average Bonchev–Trinajstić information content (AvgIpc) is 2.63. The molecule has 1 saturated heterocycles. The SMILES string of the molecule is CC[N+]1(CC(=O)Nc2c(C)cccc2C)CCCC(C(=O)NCC(C)C)C1. The molecule has 1 fully saturated rings. The summed E-state index contributed by atoms with van der Waals surface area (Å²) in [5.41, 5.74) is 3.08. The van der Waals surface area contributed by atoms with E-state index < -0.39 is 0 Å². The molecular weight excluding hydrogens is 338 g/mol. The summed E-state index contributed by atoms with van der Waals surface area (Å²) in [6.07, 6.45) is 1.91. The van der Waals surface area contributed by atoms with Crippen molar-refractivity contribution in [1.82, 2.24) is 5.32 Å². The van der Waals surface area contributed by atoms with Gasteiger partial charge in [0.15, 0.2) is 6.54 Å². The number of likely N-dealkylation sites (N-methyl/N-ethyl adjacent to an activating group) is 1. The molecule has 0 aromatic heterocycles. The van der Waals surface area contributed by atoms with Crippen LogP contribution in [0.25, 0.3) is 0 Å². The molecule has 1 heterocycles. The zero-order chi connectivity index (χ0) is 20.0. The van der Waals surface area contributed by atoms with Crippen molar-refractivity contribution in [2.24, 2.45) is 11.8 Å². The lowest BCUT2D eigenvalue weighted by Crippen LogP contribution is -2.59. The largest absolute Gasteiger partial charge is 0.355 e. The van der Waals surface area contributed by atoms with Crippen molar-refractivity contribution in [1.29, 1.82) is 0 Å². The normalized spacial score (nSPS) is 22.5. The van der Waals surface area contributed by atoms with Gasteiger partial charge in [-0.1, -0.05) is 32.0 Å². The summed E-state index contributed by atoms with van der Waals surface area (Å²) in [7, 11) is 0. The number of rotatable bonds is 7. The summed E-state index contributed by atoms with van der Waals surface area (Å²) in [6.45, 7) is 14.1. The molecule has 1 aromatic rings. The van der Waals surface area contributed by atoms with Gasteiger partial charge in [-0.3, -0.25) is 9.59 Å². The maximum Gasteiger partial charge on any atom is 0.279 e. The Bertz CT molecular complexity index is 651. The first-order valence-corrected chi connectivity index (χ1v) is 10.2. The Balaban J connectivity index is 2.03. The predicted octanol–water partition coefficient (Wildman–Crippen LogP) is 3.26. The standard InChI is InChI=1S/C22H35N3O2/c1-6-25(12-8-11-19(14-25)22(27)23-13-16(2)3)15-20(26)24-21-17(4)9-7-10-18(21)5/h7,9-10,16,19H,6,8,11-15H2,1-5H3,(H-,23,24,26,27)/p+1.